The Morgan fingerprint density at radius 1 is 0.850 bits per heavy atom. The van der Waals surface area contributed by atoms with E-state index in [1.807, 2.05) is 48.5 Å². The van der Waals surface area contributed by atoms with Gasteiger partial charge in [-0.25, -0.2) is 9.59 Å². The first-order chi connectivity index (χ1) is 19.2. The molecule has 40 heavy (non-hydrogen) atoms. The number of nitrogens with one attached hydrogen (secondary N) is 1. The monoisotopic (exact) mass is 533 g/mol. The highest BCUT2D eigenvalue weighted by Crippen LogP contribution is 2.36. The minimum Gasteiger partial charge on any atom is -0.480 e. The SMILES string of the molecule is CC(C)(C)OC(=O)NC(C/C=C/c1ccc(-c2ccc(-c3cccc4c3oc3ccccc34)cc2)cc1)C(=O)O. The minimum absolute atomic E-state index is 0.135. The molecule has 6 nitrogen and oxygen atoms in total. The van der Waals surface area contributed by atoms with Crippen molar-refractivity contribution < 1.29 is 23.8 Å². The highest BCUT2D eigenvalue weighted by molar-refractivity contribution is 6.09. The highest BCUT2D eigenvalue weighted by Gasteiger charge is 2.23. The number of hydrogen-bond donors (Lipinski definition) is 2. The lowest BCUT2D eigenvalue weighted by atomic mass is 9.98. The molecular formula is C34H31NO5. The number of carbonyl (C=O) groups is 2. The Hall–Kier alpha value is -4.84. The summed E-state index contributed by atoms with van der Waals surface area (Å²) in [6.07, 6.45) is 2.96. The Balaban J connectivity index is 1.26. The molecule has 0 aliphatic carbocycles. The molecule has 6 heteroatoms. The maximum Gasteiger partial charge on any atom is 0.408 e. The zero-order valence-electron chi connectivity index (χ0n) is 22.7. The lowest BCUT2D eigenvalue weighted by Crippen LogP contribution is -2.43. The Bertz CT molecular complexity index is 1690. The van der Waals surface area contributed by atoms with Crippen LogP contribution in [0, 0.1) is 0 Å². The maximum absolute atomic E-state index is 11.9. The Labute approximate surface area is 232 Å². The van der Waals surface area contributed by atoms with Crippen molar-refractivity contribution in [2.24, 2.45) is 0 Å². The fraction of sp³-hybridized carbons (Fsp3) is 0.176. The Morgan fingerprint density at radius 2 is 1.48 bits per heavy atom. The van der Waals surface area contributed by atoms with E-state index >= 15 is 0 Å². The van der Waals surface area contributed by atoms with Crippen LogP contribution in [0.2, 0.25) is 0 Å². The standard InChI is InChI=1S/C34H31NO5/c1-34(2,3)40-33(38)35-29(32(36)37)12-6-8-22-14-16-23(17-15-22)24-18-20-25(21-19-24)26-10-7-11-28-27-9-4-5-13-30(27)39-31(26)28/h4-11,13-21,29H,12H2,1-3H3,(H,35,38)(H,36,37)/b8-6+. The van der Waals surface area contributed by atoms with E-state index in [1.165, 1.54) is 0 Å². The number of rotatable bonds is 7. The molecule has 1 aromatic heterocycles. The quantitative estimate of drug-likeness (QED) is 0.220. The third-order valence-corrected chi connectivity index (χ3v) is 6.52. The molecule has 0 radical (unpaired) electrons. The van der Waals surface area contributed by atoms with Gasteiger partial charge >= 0.3 is 12.1 Å². The summed E-state index contributed by atoms with van der Waals surface area (Å²) >= 11 is 0. The van der Waals surface area contributed by atoms with E-state index in [-0.39, 0.29) is 6.42 Å². The highest BCUT2D eigenvalue weighted by atomic mass is 16.6. The van der Waals surface area contributed by atoms with Gasteiger partial charge in [-0.05, 0) is 55.5 Å². The first kappa shape index (κ1) is 26.8. The van der Waals surface area contributed by atoms with E-state index in [0.717, 1.165) is 49.8 Å². The summed E-state index contributed by atoms with van der Waals surface area (Å²) in [5.74, 6) is -1.12. The molecule has 1 atom stereocenters. The summed E-state index contributed by atoms with van der Waals surface area (Å²) in [6.45, 7) is 5.18. The molecule has 4 aromatic carbocycles. The average molecular weight is 534 g/mol. The van der Waals surface area contributed by atoms with Crippen molar-refractivity contribution >= 4 is 40.1 Å². The van der Waals surface area contributed by atoms with Crippen LogP contribution in [-0.2, 0) is 9.53 Å². The van der Waals surface area contributed by atoms with Crippen LogP contribution in [0.25, 0.3) is 50.3 Å². The lowest BCUT2D eigenvalue weighted by Gasteiger charge is -2.21. The molecule has 1 heterocycles. The molecule has 1 amide bonds. The largest absolute Gasteiger partial charge is 0.480 e. The van der Waals surface area contributed by atoms with Gasteiger partial charge in [0.05, 0.1) is 0 Å². The third kappa shape index (κ3) is 6.07. The normalized spacial score (nSPS) is 12.6. The van der Waals surface area contributed by atoms with Crippen molar-refractivity contribution in [1.82, 2.24) is 5.32 Å². The van der Waals surface area contributed by atoms with E-state index in [4.69, 9.17) is 9.15 Å². The van der Waals surface area contributed by atoms with Crippen molar-refractivity contribution in [2.75, 3.05) is 0 Å². The predicted octanol–water partition coefficient (Wildman–Crippen LogP) is 8.30. The smallest absolute Gasteiger partial charge is 0.408 e. The summed E-state index contributed by atoms with van der Waals surface area (Å²) in [5.41, 5.74) is 6.30. The zero-order chi connectivity index (χ0) is 28.3. The summed E-state index contributed by atoms with van der Waals surface area (Å²) in [5, 5.41) is 14.1. The molecule has 5 aromatic rings. The zero-order valence-corrected chi connectivity index (χ0v) is 22.7. The number of fused-ring (bicyclic) bond motifs is 3. The van der Waals surface area contributed by atoms with Crippen LogP contribution in [0.3, 0.4) is 0 Å². The van der Waals surface area contributed by atoms with Gasteiger partial charge in [-0.3, -0.25) is 0 Å². The molecule has 202 valence electrons. The molecule has 0 aliphatic rings. The van der Waals surface area contributed by atoms with Crippen LogP contribution in [0.4, 0.5) is 4.79 Å². The second kappa shape index (κ2) is 11.1. The fourth-order valence-corrected chi connectivity index (χ4v) is 4.61. The number of aliphatic carboxylic acids is 1. The predicted molar refractivity (Wildman–Crippen MR) is 159 cm³/mol. The van der Waals surface area contributed by atoms with Gasteiger partial charge in [0.15, 0.2) is 0 Å². The van der Waals surface area contributed by atoms with E-state index in [9.17, 15) is 14.7 Å². The molecule has 1 unspecified atom stereocenters. The van der Waals surface area contributed by atoms with Crippen LogP contribution in [0.5, 0.6) is 0 Å². The number of carboxylic acids is 1. The van der Waals surface area contributed by atoms with Gasteiger partial charge in [0.2, 0.25) is 0 Å². The molecule has 0 fully saturated rings. The van der Waals surface area contributed by atoms with Gasteiger partial charge in [0.25, 0.3) is 0 Å². The number of para-hydroxylation sites is 2. The van der Waals surface area contributed by atoms with Gasteiger partial charge in [-0.15, -0.1) is 0 Å². The first-order valence-corrected chi connectivity index (χ1v) is 13.2. The molecule has 2 N–H and O–H groups in total. The fourth-order valence-electron chi connectivity index (χ4n) is 4.61. The average Bonchev–Trinajstić information content (AvgIpc) is 3.31. The van der Waals surface area contributed by atoms with Gasteiger partial charge < -0.3 is 19.6 Å². The maximum atomic E-state index is 11.9. The molecule has 0 aliphatic heterocycles. The summed E-state index contributed by atoms with van der Waals surface area (Å²) in [7, 11) is 0. The number of hydrogen-bond acceptors (Lipinski definition) is 4. The van der Waals surface area contributed by atoms with Gasteiger partial charge in [0, 0.05) is 16.3 Å². The van der Waals surface area contributed by atoms with Crippen LogP contribution in [-0.4, -0.2) is 28.8 Å². The van der Waals surface area contributed by atoms with Crippen LogP contribution in [0.1, 0.15) is 32.8 Å². The number of alkyl carbamates (subject to hydrolysis) is 1. The lowest BCUT2D eigenvalue weighted by molar-refractivity contribution is -0.139. The van der Waals surface area contributed by atoms with E-state index in [1.54, 1.807) is 26.8 Å². The van der Waals surface area contributed by atoms with Gasteiger partial charge in [-0.1, -0.05) is 97.1 Å². The summed E-state index contributed by atoms with van der Waals surface area (Å²) in [6, 6.07) is 29.7. The minimum atomic E-state index is -1.12. The van der Waals surface area contributed by atoms with Gasteiger partial charge in [-0.2, -0.15) is 0 Å². The number of ether oxygens (including phenoxy) is 1. The molecule has 0 spiro atoms. The summed E-state index contributed by atoms with van der Waals surface area (Å²) < 4.78 is 11.4. The molecule has 0 bridgehead atoms. The number of amides is 1. The van der Waals surface area contributed by atoms with Crippen molar-refractivity contribution in [3.05, 3.63) is 103 Å². The van der Waals surface area contributed by atoms with E-state index < -0.39 is 23.7 Å². The number of carboxylic acid groups (broad SMARTS) is 1. The topological polar surface area (TPSA) is 88.8 Å². The van der Waals surface area contributed by atoms with Gasteiger partial charge in [0.1, 0.15) is 22.8 Å². The van der Waals surface area contributed by atoms with Crippen LogP contribution >= 0.6 is 0 Å². The van der Waals surface area contributed by atoms with Crippen molar-refractivity contribution in [3.8, 4) is 22.3 Å². The number of benzene rings is 4. The van der Waals surface area contributed by atoms with Crippen molar-refractivity contribution in [3.63, 3.8) is 0 Å². The second-order valence-corrected chi connectivity index (χ2v) is 10.7. The molecule has 0 saturated carbocycles. The molecule has 5 rings (SSSR count). The number of carbonyl (C=O) groups excluding carboxylic acids is 1. The van der Waals surface area contributed by atoms with Crippen LogP contribution in [0.15, 0.2) is 101 Å². The van der Waals surface area contributed by atoms with Crippen molar-refractivity contribution in [2.45, 2.75) is 38.8 Å². The first-order valence-electron chi connectivity index (χ1n) is 13.2. The third-order valence-electron chi connectivity index (χ3n) is 6.52. The van der Waals surface area contributed by atoms with Crippen LogP contribution < -0.4 is 5.32 Å². The number of furan rings is 1. The molecule has 0 saturated heterocycles. The van der Waals surface area contributed by atoms with Crippen molar-refractivity contribution in [1.29, 1.82) is 0 Å². The second-order valence-electron chi connectivity index (χ2n) is 10.7. The Kier molecular flexibility index (Phi) is 7.43. The summed E-state index contributed by atoms with van der Waals surface area (Å²) in [4.78, 5) is 23.5. The van der Waals surface area contributed by atoms with E-state index in [2.05, 4.69) is 53.8 Å². The Morgan fingerprint density at radius 3 is 2.15 bits per heavy atom. The van der Waals surface area contributed by atoms with E-state index in [0.29, 0.717) is 0 Å². The molecular weight excluding hydrogens is 502 g/mol.